The van der Waals surface area contributed by atoms with Crippen LogP contribution in [-0.2, 0) is 11.2 Å². The fourth-order valence-electron chi connectivity index (χ4n) is 2.98. The fraction of sp³-hybridized carbons (Fsp3) is 0.389. The zero-order valence-electron chi connectivity index (χ0n) is 13.5. The van der Waals surface area contributed by atoms with Crippen molar-refractivity contribution in [2.45, 2.75) is 32.7 Å². The summed E-state index contributed by atoms with van der Waals surface area (Å²) in [4.78, 5) is 30.2. The van der Waals surface area contributed by atoms with Gasteiger partial charge in [-0.2, -0.15) is 0 Å². The lowest BCUT2D eigenvalue weighted by atomic mass is 9.99. The highest BCUT2D eigenvalue weighted by Gasteiger charge is 2.39. The molecule has 0 unspecified atom stereocenters. The van der Waals surface area contributed by atoms with Gasteiger partial charge >= 0.3 is 6.03 Å². The first-order chi connectivity index (χ1) is 11.1. The second kappa shape index (κ2) is 6.36. The first-order valence-corrected chi connectivity index (χ1v) is 8.06. The van der Waals surface area contributed by atoms with Crippen LogP contribution in [0, 0.1) is 5.92 Å². The lowest BCUT2D eigenvalue weighted by molar-refractivity contribution is -0.128. The summed E-state index contributed by atoms with van der Waals surface area (Å²) in [6.07, 6.45) is 3.26. The quantitative estimate of drug-likeness (QED) is 0.864. The van der Waals surface area contributed by atoms with Gasteiger partial charge in [0.15, 0.2) is 0 Å². The number of fused-ring (bicyclic) bond motifs is 1. The molecule has 5 nitrogen and oxygen atoms in total. The van der Waals surface area contributed by atoms with Crippen LogP contribution in [0.3, 0.4) is 0 Å². The van der Waals surface area contributed by atoms with Gasteiger partial charge in [0, 0.05) is 18.1 Å². The van der Waals surface area contributed by atoms with Crippen LogP contribution < -0.4 is 5.32 Å². The van der Waals surface area contributed by atoms with E-state index in [0.717, 1.165) is 22.9 Å². The summed E-state index contributed by atoms with van der Waals surface area (Å²) in [5, 5.41) is 3.87. The Balaban J connectivity index is 1.75. The van der Waals surface area contributed by atoms with Gasteiger partial charge in [-0.25, -0.2) is 4.79 Å². The number of nitrogens with one attached hydrogen (secondary N) is 1. The minimum Gasteiger partial charge on any atom is -0.326 e. The van der Waals surface area contributed by atoms with Crippen LogP contribution in [0.4, 0.5) is 4.79 Å². The van der Waals surface area contributed by atoms with Crippen LogP contribution in [0.15, 0.2) is 36.5 Å². The molecule has 2 heterocycles. The molecule has 1 aliphatic heterocycles. The minimum atomic E-state index is -0.387. The van der Waals surface area contributed by atoms with Gasteiger partial charge in [0.2, 0.25) is 0 Å². The largest absolute Gasteiger partial charge is 0.326 e. The third kappa shape index (κ3) is 2.91. The number of imide groups is 1. The molecule has 0 aliphatic carbocycles. The number of amides is 3. The fourth-order valence-corrected chi connectivity index (χ4v) is 2.98. The van der Waals surface area contributed by atoms with Gasteiger partial charge in [0.1, 0.15) is 6.04 Å². The number of carbonyl (C=O) groups is 2. The maximum absolute atomic E-state index is 12.4. The number of aromatic nitrogens is 1. The van der Waals surface area contributed by atoms with E-state index in [9.17, 15) is 9.59 Å². The average molecular weight is 311 g/mol. The van der Waals surface area contributed by atoms with Crippen molar-refractivity contribution in [2.24, 2.45) is 5.92 Å². The highest BCUT2D eigenvalue weighted by molar-refractivity contribution is 6.04. The van der Waals surface area contributed by atoms with Gasteiger partial charge < -0.3 is 5.32 Å². The average Bonchev–Trinajstić information content (AvgIpc) is 2.86. The maximum Gasteiger partial charge on any atom is 0.324 e. The van der Waals surface area contributed by atoms with Crippen molar-refractivity contribution in [3.8, 4) is 0 Å². The molecule has 2 atom stereocenters. The molecule has 2 aromatic rings. The van der Waals surface area contributed by atoms with Crippen molar-refractivity contribution in [1.82, 2.24) is 15.2 Å². The number of rotatable bonds is 5. The van der Waals surface area contributed by atoms with Gasteiger partial charge in [-0.3, -0.25) is 14.7 Å². The molecule has 23 heavy (non-hydrogen) atoms. The lowest BCUT2D eigenvalue weighted by Gasteiger charge is -2.16. The van der Waals surface area contributed by atoms with Gasteiger partial charge in [-0.05, 0) is 30.0 Å². The van der Waals surface area contributed by atoms with Crippen molar-refractivity contribution in [3.63, 3.8) is 0 Å². The number of benzene rings is 1. The molecule has 0 radical (unpaired) electrons. The second-order valence-corrected chi connectivity index (χ2v) is 6.04. The Kier molecular flexibility index (Phi) is 4.28. The number of hydrogen-bond donors (Lipinski definition) is 1. The van der Waals surface area contributed by atoms with Crippen molar-refractivity contribution in [3.05, 3.63) is 42.1 Å². The van der Waals surface area contributed by atoms with Crippen molar-refractivity contribution in [1.29, 1.82) is 0 Å². The summed E-state index contributed by atoms with van der Waals surface area (Å²) in [5.74, 6) is 0.0425. The highest BCUT2D eigenvalue weighted by atomic mass is 16.2. The van der Waals surface area contributed by atoms with Gasteiger partial charge in [-0.15, -0.1) is 0 Å². The van der Waals surface area contributed by atoms with Crippen molar-refractivity contribution < 1.29 is 9.59 Å². The number of para-hydroxylation sites is 1. The van der Waals surface area contributed by atoms with E-state index in [1.807, 2.05) is 44.2 Å². The summed E-state index contributed by atoms with van der Waals surface area (Å²) < 4.78 is 0. The van der Waals surface area contributed by atoms with Crippen LogP contribution in [0.25, 0.3) is 10.9 Å². The Morgan fingerprint density at radius 2 is 2.04 bits per heavy atom. The van der Waals surface area contributed by atoms with Gasteiger partial charge in [0.05, 0.1) is 5.52 Å². The zero-order valence-corrected chi connectivity index (χ0v) is 13.5. The number of urea groups is 1. The Morgan fingerprint density at radius 3 is 2.83 bits per heavy atom. The third-order valence-electron chi connectivity index (χ3n) is 4.61. The number of pyridine rings is 1. The molecule has 3 rings (SSSR count). The van der Waals surface area contributed by atoms with E-state index in [2.05, 4.69) is 10.3 Å². The summed E-state index contributed by atoms with van der Waals surface area (Å²) in [7, 11) is 0. The predicted octanol–water partition coefficient (Wildman–Crippen LogP) is 2.74. The number of nitrogens with zero attached hydrogens (tertiary/aromatic N) is 2. The first-order valence-electron chi connectivity index (χ1n) is 8.06. The summed E-state index contributed by atoms with van der Waals surface area (Å²) in [5.41, 5.74) is 2.03. The molecular weight excluding hydrogens is 290 g/mol. The standard InChI is InChI=1S/C18H21N3O2/c1-3-12(2)16-17(22)21(18(23)20-16)11-9-13-8-10-19-15-7-5-4-6-14(13)15/h4-8,10,12,16H,3,9,11H2,1-2H3,(H,20,23)/t12-,16-/m0/s1. The van der Waals surface area contributed by atoms with Gasteiger partial charge in [0.25, 0.3) is 5.91 Å². The normalized spacial score (nSPS) is 19.2. The number of hydrogen-bond acceptors (Lipinski definition) is 3. The molecule has 0 saturated carbocycles. The Morgan fingerprint density at radius 1 is 1.26 bits per heavy atom. The van der Waals surface area contributed by atoms with Crippen molar-refractivity contribution in [2.75, 3.05) is 6.54 Å². The van der Waals surface area contributed by atoms with E-state index in [1.165, 1.54) is 4.90 Å². The van der Waals surface area contributed by atoms with Crippen LogP contribution in [0.2, 0.25) is 0 Å². The topological polar surface area (TPSA) is 62.3 Å². The smallest absolute Gasteiger partial charge is 0.324 e. The molecular formula is C18H21N3O2. The van der Waals surface area contributed by atoms with Crippen LogP contribution >= 0.6 is 0 Å². The van der Waals surface area contributed by atoms with Crippen LogP contribution in [0.1, 0.15) is 25.8 Å². The molecule has 120 valence electrons. The van der Waals surface area contributed by atoms with E-state index in [1.54, 1.807) is 6.20 Å². The molecule has 1 aromatic heterocycles. The summed E-state index contributed by atoms with van der Waals surface area (Å²) in [6, 6.07) is 9.19. The SMILES string of the molecule is CC[C@H](C)[C@@H]1NC(=O)N(CCc2ccnc3ccccc23)C1=O. The molecule has 0 spiro atoms. The van der Waals surface area contributed by atoms with Gasteiger partial charge in [-0.1, -0.05) is 38.5 Å². The monoisotopic (exact) mass is 311 g/mol. The Labute approximate surface area is 135 Å². The highest BCUT2D eigenvalue weighted by Crippen LogP contribution is 2.20. The third-order valence-corrected chi connectivity index (χ3v) is 4.61. The maximum atomic E-state index is 12.4. The number of carbonyl (C=O) groups excluding carboxylic acids is 2. The first kappa shape index (κ1) is 15.5. The molecule has 0 bridgehead atoms. The van der Waals surface area contributed by atoms with Crippen LogP contribution in [-0.4, -0.2) is 34.4 Å². The lowest BCUT2D eigenvalue weighted by Crippen LogP contribution is -2.36. The van der Waals surface area contributed by atoms with E-state index in [4.69, 9.17) is 0 Å². The molecule has 1 N–H and O–H groups in total. The van der Waals surface area contributed by atoms with E-state index < -0.39 is 0 Å². The molecule has 5 heteroatoms. The summed E-state index contributed by atoms with van der Waals surface area (Å²) >= 11 is 0. The molecule has 1 fully saturated rings. The predicted molar refractivity (Wildman–Crippen MR) is 88.9 cm³/mol. The Hall–Kier alpha value is -2.43. The summed E-state index contributed by atoms with van der Waals surface area (Å²) in [6.45, 7) is 4.41. The molecule has 1 saturated heterocycles. The second-order valence-electron chi connectivity index (χ2n) is 6.04. The molecule has 1 aliphatic rings. The molecule has 3 amide bonds. The Bertz CT molecular complexity index is 739. The van der Waals surface area contributed by atoms with E-state index >= 15 is 0 Å². The zero-order chi connectivity index (χ0) is 16.4. The molecule has 1 aromatic carbocycles. The van der Waals surface area contributed by atoms with Crippen LogP contribution in [0.5, 0.6) is 0 Å². The van der Waals surface area contributed by atoms with E-state index in [0.29, 0.717) is 13.0 Å². The van der Waals surface area contributed by atoms with E-state index in [-0.39, 0.29) is 23.9 Å². The van der Waals surface area contributed by atoms with Crippen molar-refractivity contribution >= 4 is 22.8 Å². The minimum absolute atomic E-state index is 0.109.